The smallest absolute Gasteiger partial charge is 0.128 e. The van der Waals surface area contributed by atoms with Crippen molar-refractivity contribution < 1.29 is 13.9 Å². The molecule has 2 fully saturated rings. The summed E-state index contributed by atoms with van der Waals surface area (Å²) < 4.78 is 26.0. The zero-order valence-corrected chi connectivity index (χ0v) is 12.5. The Morgan fingerprint density at radius 2 is 2.10 bits per heavy atom. The van der Waals surface area contributed by atoms with Crippen molar-refractivity contribution in [2.24, 2.45) is 5.92 Å². The lowest BCUT2D eigenvalue weighted by Crippen LogP contribution is -2.38. The van der Waals surface area contributed by atoms with Crippen LogP contribution in [0.1, 0.15) is 45.6 Å². The van der Waals surface area contributed by atoms with Crippen molar-refractivity contribution >= 4 is 0 Å². The first-order chi connectivity index (χ1) is 9.45. The van der Waals surface area contributed by atoms with Crippen LogP contribution in [0, 0.1) is 11.7 Å². The number of hydrogen-bond donors (Lipinski definition) is 0. The maximum atomic E-state index is 13.6. The monoisotopic (exact) mass is 278 g/mol. The van der Waals surface area contributed by atoms with Gasteiger partial charge in [0.25, 0.3) is 0 Å². The van der Waals surface area contributed by atoms with Gasteiger partial charge in [-0.1, -0.05) is 32.0 Å². The Morgan fingerprint density at radius 3 is 2.75 bits per heavy atom. The highest BCUT2D eigenvalue weighted by Crippen LogP contribution is 2.55. The first kappa shape index (κ1) is 14.0. The molecule has 0 N–H and O–H groups in total. The van der Waals surface area contributed by atoms with Gasteiger partial charge in [-0.2, -0.15) is 0 Å². The number of rotatable bonds is 4. The fourth-order valence-corrected chi connectivity index (χ4v) is 3.61. The molecule has 2 aliphatic rings. The Hall–Kier alpha value is -0.930. The maximum Gasteiger partial charge on any atom is 0.128 e. The molecule has 1 aromatic carbocycles. The minimum atomic E-state index is -0.199. The Kier molecular flexibility index (Phi) is 3.38. The van der Waals surface area contributed by atoms with E-state index in [1.165, 1.54) is 6.07 Å². The fraction of sp³-hybridized carbons (Fsp3) is 0.647. The Labute approximate surface area is 120 Å². The lowest BCUT2D eigenvalue weighted by Gasteiger charge is -2.31. The summed E-state index contributed by atoms with van der Waals surface area (Å²) in [7, 11) is 0. The summed E-state index contributed by atoms with van der Waals surface area (Å²) in [5.74, 6) is 0.298. The van der Waals surface area contributed by atoms with Crippen LogP contribution in [0.4, 0.5) is 4.39 Å². The summed E-state index contributed by atoms with van der Waals surface area (Å²) in [6, 6.07) is 6.81. The molecule has 0 aromatic heterocycles. The zero-order valence-electron chi connectivity index (χ0n) is 12.5. The largest absolute Gasteiger partial charge is 0.370 e. The molecule has 3 heteroatoms. The van der Waals surface area contributed by atoms with Gasteiger partial charge >= 0.3 is 0 Å². The van der Waals surface area contributed by atoms with E-state index in [2.05, 4.69) is 20.8 Å². The van der Waals surface area contributed by atoms with Gasteiger partial charge in [-0.25, -0.2) is 4.39 Å². The minimum absolute atomic E-state index is 0.0331. The van der Waals surface area contributed by atoms with Gasteiger partial charge in [0.15, 0.2) is 0 Å². The first-order valence-electron chi connectivity index (χ1n) is 7.50. The van der Waals surface area contributed by atoms with E-state index in [9.17, 15) is 4.39 Å². The topological polar surface area (TPSA) is 18.5 Å². The molecule has 1 aromatic rings. The Bertz CT molecular complexity index is 502. The predicted molar refractivity (Wildman–Crippen MR) is 75.9 cm³/mol. The molecular formula is C17H23FO2. The number of fused-ring (bicyclic) bond motifs is 2. The molecule has 2 aliphatic heterocycles. The summed E-state index contributed by atoms with van der Waals surface area (Å²) in [5.41, 5.74) is 0.391. The SMILES string of the molecule is CC(C)[C@@]12CC[C@@](C)(O1)[C@@H](OCc1ccccc1F)C2. The van der Waals surface area contributed by atoms with E-state index in [1.54, 1.807) is 12.1 Å². The highest BCUT2D eigenvalue weighted by atomic mass is 19.1. The summed E-state index contributed by atoms with van der Waals surface area (Å²) >= 11 is 0. The molecule has 0 spiro atoms. The third-order valence-electron chi connectivity index (χ3n) is 5.14. The molecule has 3 rings (SSSR count). The molecule has 0 aliphatic carbocycles. The maximum absolute atomic E-state index is 13.6. The van der Waals surface area contributed by atoms with Gasteiger partial charge in [-0.05, 0) is 31.7 Å². The van der Waals surface area contributed by atoms with Gasteiger partial charge in [-0.3, -0.25) is 0 Å². The molecular weight excluding hydrogens is 255 g/mol. The fourth-order valence-electron chi connectivity index (χ4n) is 3.61. The van der Waals surface area contributed by atoms with Crippen LogP contribution in [0.15, 0.2) is 24.3 Å². The zero-order chi connectivity index (χ0) is 14.4. The van der Waals surface area contributed by atoms with Crippen LogP contribution in [0.2, 0.25) is 0 Å². The number of ether oxygens (including phenoxy) is 2. The third kappa shape index (κ3) is 2.17. The normalized spacial score (nSPS) is 36.0. The van der Waals surface area contributed by atoms with Gasteiger partial charge in [0.2, 0.25) is 0 Å². The minimum Gasteiger partial charge on any atom is -0.370 e. The number of halogens is 1. The molecule has 0 saturated carbocycles. The van der Waals surface area contributed by atoms with Crippen LogP contribution < -0.4 is 0 Å². The van der Waals surface area contributed by atoms with Gasteiger partial charge in [-0.15, -0.1) is 0 Å². The molecule has 2 saturated heterocycles. The van der Waals surface area contributed by atoms with Crippen LogP contribution in [-0.2, 0) is 16.1 Å². The number of benzene rings is 1. The quantitative estimate of drug-likeness (QED) is 0.826. The van der Waals surface area contributed by atoms with E-state index in [1.807, 2.05) is 6.07 Å². The second-order valence-corrected chi connectivity index (χ2v) is 6.73. The van der Waals surface area contributed by atoms with Gasteiger partial charge in [0.1, 0.15) is 5.82 Å². The van der Waals surface area contributed by atoms with E-state index in [0.717, 1.165) is 19.3 Å². The summed E-state index contributed by atoms with van der Waals surface area (Å²) in [6.07, 6.45) is 3.14. The molecule has 2 nitrogen and oxygen atoms in total. The molecule has 0 unspecified atom stereocenters. The van der Waals surface area contributed by atoms with E-state index < -0.39 is 0 Å². The van der Waals surface area contributed by atoms with Crippen LogP contribution >= 0.6 is 0 Å². The molecule has 2 heterocycles. The van der Waals surface area contributed by atoms with E-state index in [0.29, 0.717) is 18.1 Å². The number of hydrogen-bond acceptors (Lipinski definition) is 2. The van der Waals surface area contributed by atoms with E-state index in [4.69, 9.17) is 9.47 Å². The summed E-state index contributed by atoms with van der Waals surface area (Å²) in [4.78, 5) is 0. The van der Waals surface area contributed by atoms with Crippen LogP contribution in [0.5, 0.6) is 0 Å². The molecule has 110 valence electrons. The molecule has 3 atom stereocenters. The van der Waals surface area contributed by atoms with Crippen molar-refractivity contribution in [3.8, 4) is 0 Å². The lowest BCUT2D eigenvalue weighted by molar-refractivity contribution is -0.0962. The van der Waals surface area contributed by atoms with Crippen LogP contribution in [-0.4, -0.2) is 17.3 Å². The van der Waals surface area contributed by atoms with Crippen molar-refractivity contribution in [1.82, 2.24) is 0 Å². The molecule has 2 bridgehead atoms. The highest BCUT2D eigenvalue weighted by Gasteiger charge is 2.60. The van der Waals surface area contributed by atoms with Crippen molar-refractivity contribution in [1.29, 1.82) is 0 Å². The Balaban J connectivity index is 1.69. The van der Waals surface area contributed by atoms with Crippen molar-refractivity contribution in [3.05, 3.63) is 35.6 Å². The summed E-state index contributed by atoms with van der Waals surface area (Å²) in [5, 5.41) is 0. The van der Waals surface area contributed by atoms with Crippen LogP contribution in [0.25, 0.3) is 0 Å². The van der Waals surface area contributed by atoms with E-state index >= 15 is 0 Å². The first-order valence-corrected chi connectivity index (χ1v) is 7.50. The molecule has 0 radical (unpaired) electrons. The predicted octanol–water partition coefficient (Wildman–Crippen LogP) is 4.08. The third-order valence-corrected chi connectivity index (χ3v) is 5.14. The average molecular weight is 278 g/mol. The molecule has 0 amide bonds. The van der Waals surface area contributed by atoms with E-state index in [-0.39, 0.29) is 23.1 Å². The van der Waals surface area contributed by atoms with Crippen molar-refractivity contribution in [3.63, 3.8) is 0 Å². The standard InChI is InChI=1S/C17H23FO2/c1-12(2)17-9-8-16(3,20-17)15(10-17)19-11-13-6-4-5-7-14(13)18/h4-7,12,15H,8-11H2,1-3H3/t15-,16+,17-/m0/s1. The lowest BCUT2D eigenvalue weighted by atomic mass is 9.75. The van der Waals surface area contributed by atoms with Gasteiger partial charge in [0.05, 0.1) is 23.9 Å². The second-order valence-electron chi connectivity index (χ2n) is 6.73. The van der Waals surface area contributed by atoms with Gasteiger partial charge < -0.3 is 9.47 Å². The highest BCUT2D eigenvalue weighted by molar-refractivity contribution is 5.17. The van der Waals surface area contributed by atoms with Crippen molar-refractivity contribution in [2.75, 3.05) is 0 Å². The average Bonchev–Trinajstić information content (AvgIpc) is 2.90. The second kappa shape index (κ2) is 4.81. The van der Waals surface area contributed by atoms with Gasteiger partial charge in [0, 0.05) is 12.0 Å². The Morgan fingerprint density at radius 1 is 1.35 bits per heavy atom. The molecule has 20 heavy (non-hydrogen) atoms. The summed E-state index contributed by atoms with van der Waals surface area (Å²) in [6.45, 7) is 6.89. The van der Waals surface area contributed by atoms with Crippen LogP contribution in [0.3, 0.4) is 0 Å². The van der Waals surface area contributed by atoms with Crippen molar-refractivity contribution in [2.45, 2.75) is 63.9 Å².